The molecule has 0 aliphatic heterocycles. The molecule has 2 atom stereocenters. The predicted molar refractivity (Wildman–Crippen MR) is 146 cm³/mol. The van der Waals surface area contributed by atoms with Gasteiger partial charge in [-0.2, -0.15) is 18.3 Å². The minimum Gasteiger partial charge on any atom is -0.392 e. The number of aliphatic hydroxyl groups excluding tert-OH is 1. The molecule has 1 aliphatic rings. The second kappa shape index (κ2) is 12.2. The Morgan fingerprint density at radius 3 is 2.48 bits per heavy atom. The number of carbonyl (C=O) groups is 2. The molecule has 1 amide bonds. The number of hydrogen-bond acceptors (Lipinski definition) is 5. The van der Waals surface area contributed by atoms with Gasteiger partial charge in [-0.3, -0.25) is 19.3 Å². The SMILES string of the molecule is CNC(=O)c1cc(-c2cccnc2[C@@H](CC(=O)Cn2nc(C(F)(F)F)c3c2CC(O)C3)Cc2cc(F)cc(F)c2)ccc1F. The fraction of sp³-hybridized carbons (Fsp3) is 0.290. The van der Waals surface area contributed by atoms with Gasteiger partial charge in [0, 0.05) is 61.3 Å². The molecule has 0 fully saturated rings. The maximum atomic E-state index is 14.4. The Hall–Kier alpha value is -4.52. The molecule has 4 aromatic rings. The van der Waals surface area contributed by atoms with Crippen molar-refractivity contribution < 1.29 is 41.0 Å². The van der Waals surface area contributed by atoms with Crippen molar-refractivity contribution in [3.8, 4) is 11.1 Å². The Morgan fingerprint density at radius 1 is 1.07 bits per heavy atom. The highest BCUT2D eigenvalue weighted by Gasteiger charge is 2.42. The lowest BCUT2D eigenvalue weighted by atomic mass is 9.86. The standard InChI is InChI=1S/C31H26F6N4O3/c1-38-30(44)24-11-17(4-5-26(24)34)23-3-2-6-39-28(23)18(7-16-8-19(32)12-20(33)9-16)10-22(43)15-41-27-14-21(42)13-25(27)29(40-41)31(35,36)37/h2-6,8-9,11-12,18,21,42H,7,10,13-15H2,1H3,(H,38,44)/t18-,21?/m1/s1. The first kappa shape index (κ1) is 30.9. The zero-order chi connectivity index (χ0) is 31.8. The minimum atomic E-state index is -4.78. The number of fused-ring (bicyclic) bond motifs is 1. The third-order valence-electron chi connectivity index (χ3n) is 7.48. The van der Waals surface area contributed by atoms with E-state index in [1.54, 1.807) is 12.1 Å². The third kappa shape index (κ3) is 6.52. The van der Waals surface area contributed by atoms with Crippen LogP contribution in [0.2, 0.25) is 0 Å². The first-order chi connectivity index (χ1) is 20.8. The van der Waals surface area contributed by atoms with Crippen LogP contribution in [-0.2, 0) is 36.8 Å². The molecule has 2 heterocycles. The summed E-state index contributed by atoms with van der Waals surface area (Å²) in [5, 5.41) is 16.0. The number of nitrogens with zero attached hydrogens (tertiary/aromatic N) is 3. The van der Waals surface area contributed by atoms with E-state index in [-0.39, 0.29) is 53.8 Å². The van der Waals surface area contributed by atoms with E-state index in [9.17, 15) is 41.0 Å². The van der Waals surface area contributed by atoms with Gasteiger partial charge < -0.3 is 10.4 Å². The van der Waals surface area contributed by atoms with E-state index < -0.39 is 59.6 Å². The first-order valence-corrected chi connectivity index (χ1v) is 13.6. The Kier molecular flexibility index (Phi) is 8.60. The maximum absolute atomic E-state index is 14.4. The number of aromatic nitrogens is 3. The molecule has 1 aliphatic carbocycles. The van der Waals surface area contributed by atoms with Crippen molar-refractivity contribution in [3.05, 3.63) is 106 Å². The molecule has 0 spiro atoms. The van der Waals surface area contributed by atoms with Crippen LogP contribution in [0.3, 0.4) is 0 Å². The van der Waals surface area contributed by atoms with Gasteiger partial charge >= 0.3 is 6.18 Å². The molecule has 2 N–H and O–H groups in total. The Labute approximate surface area is 247 Å². The Balaban J connectivity index is 1.53. The van der Waals surface area contributed by atoms with Crippen LogP contribution in [0.1, 0.15) is 50.9 Å². The van der Waals surface area contributed by atoms with Crippen LogP contribution in [0, 0.1) is 17.5 Å². The summed E-state index contributed by atoms with van der Waals surface area (Å²) in [7, 11) is 1.34. The summed E-state index contributed by atoms with van der Waals surface area (Å²) >= 11 is 0. The van der Waals surface area contributed by atoms with Crippen LogP contribution in [0.4, 0.5) is 26.3 Å². The van der Waals surface area contributed by atoms with Crippen LogP contribution in [-0.4, -0.2) is 44.7 Å². The maximum Gasteiger partial charge on any atom is 0.435 e. The van der Waals surface area contributed by atoms with Crippen LogP contribution < -0.4 is 5.32 Å². The summed E-state index contributed by atoms with van der Waals surface area (Å²) < 4.78 is 84.5. The van der Waals surface area contributed by atoms with Crippen LogP contribution in [0.5, 0.6) is 0 Å². The summed E-state index contributed by atoms with van der Waals surface area (Å²) in [6, 6.07) is 9.93. The van der Waals surface area contributed by atoms with Gasteiger partial charge in [-0.05, 0) is 47.9 Å². The molecule has 0 saturated carbocycles. The summed E-state index contributed by atoms with van der Waals surface area (Å²) in [6.45, 7) is -0.543. The lowest BCUT2D eigenvalue weighted by Crippen LogP contribution is -2.20. The van der Waals surface area contributed by atoms with Gasteiger partial charge in [0.25, 0.3) is 5.91 Å². The van der Waals surface area contributed by atoms with E-state index in [2.05, 4.69) is 15.4 Å². The van der Waals surface area contributed by atoms with E-state index in [4.69, 9.17) is 0 Å². The monoisotopic (exact) mass is 616 g/mol. The van der Waals surface area contributed by atoms with Gasteiger partial charge in [0.1, 0.15) is 17.5 Å². The average molecular weight is 617 g/mol. The lowest BCUT2D eigenvalue weighted by molar-refractivity contribution is -0.142. The number of nitrogens with one attached hydrogen (secondary N) is 1. The summed E-state index contributed by atoms with van der Waals surface area (Å²) in [6.07, 6.45) is -5.12. The summed E-state index contributed by atoms with van der Waals surface area (Å²) in [5.74, 6) is -4.52. The summed E-state index contributed by atoms with van der Waals surface area (Å²) in [5.41, 5.74) is -0.150. The number of alkyl halides is 3. The van der Waals surface area contributed by atoms with Gasteiger partial charge in [0.15, 0.2) is 11.5 Å². The zero-order valence-electron chi connectivity index (χ0n) is 23.3. The van der Waals surface area contributed by atoms with Gasteiger partial charge in [-0.15, -0.1) is 0 Å². The number of pyridine rings is 1. The van der Waals surface area contributed by atoms with Crippen LogP contribution >= 0.6 is 0 Å². The molecule has 230 valence electrons. The van der Waals surface area contributed by atoms with Crippen molar-refractivity contribution in [2.75, 3.05) is 7.05 Å². The number of Topliss-reactive ketones (excluding diaryl/α,β-unsaturated/α-hetero) is 1. The molecular formula is C31H26F6N4O3. The molecule has 0 radical (unpaired) electrons. The number of ketones is 1. The van der Waals surface area contributed by atoms with Crippen molar-refractivity contribution in [1.29, 1.82) is 0 Å². The minimum absolute atomic E-state index is 0.0857. The highest BCUT2D eigenvalue weighted by atomic mass is 19.4. The van der Waals surface area contributed by atoms with E-state index in [0.717, 1.165) is 22.9 Å². The number of aliphatic hydroxyl groups is 1. The number of carbonyl (C=O) groups excluding carboxylic acids is 2. The second-order valence-corrected chi connectivity index (χ2v) is 10.6. The fourth-order valence-electron chi connectivity index (χ4n) is 5.64. The van der Waals surface area contributed by atoms with E-state index >= 15 is 0 Å². The highest BCUT2D eigenvalue weighted by molar-refractivity contribution is 5.95. The van der Waals surface area contributed by atoms with Gasteiger partial charge in [0.2, 0.25) is 0 Å². The zero-order valence-corrected chi connectivity index (χ0v) is 23.3. The van der Waals surface area contributed by atoms with E-state index in [1.807, 2.05) is 0 Å². The molecule has 0 saturated heterocycles. The molecule has 5 rings (SSSR count). The average Bonchev–Trinajstić information content (AvgIpc) is 3.49. The number of benzene rings is 2. The van der Waals surface area contributed by atoms with Crippen molar-refractivity contribution >= 4 is 11.7 Å². The van der Waals surface area contributed by atoms with Crippen molar-refractivity contribution in [3.63, 3.8) is 0 Å². The highest BCUT2D eigenvalue weighted by Crippen LogP contribution is 2.37. The van der Waals surface area contributed by atoms with Crippen molar-refractivity contribution in [2.45, 2.75) is 50.4 Å². The quantitative estimate of drug-likeness (QED) is 0.253. The summed E-state index contributed by atoms with van der Waals surface area (Å²) in [4.78, 5) is 30.1. The topological polar surface area (TPSA) is 97.1 Å². The molecule has 2 aromatic heterocycles. The van der Waals surface area contributed by atoms with E-state index in [0.29, 0.717) is 17.2 Å². The van der Waals surface area contributed by atoms with Crippen LogP contribution in [0.15, 0.2) is 54.7 Å². The lowest BCUT2D eigenvalue weighted by Gasteiger charge is -2.20. The first-order valence-electron chi connectivity index (χ1n) is 13.6. The van der Waals surface area contributed by atoms with Gasteiger partial charge in [0.05, 0.1) is 23.9 Å². The van der Waals surface area contributed by atoms with Gasteiger partial charge in [-0.1, -0.05) is 12.1 Å². The molecule has 44 heavy (non-hydrogen) atoms. The van der Waals surface area contributed by atoms with E-state index in [1.165, 1.54) is 25.4 Å². The normalized spacial score (nSPS) is 15.2. The molecule has 13 heteroatoms. The molecule has 0 bridgehead atoms. The van der Waals surface area contributed by atoms with Crippen molar-refractivity contribution in [2.24, 2.45) is 0 Å². The second-order valence-electron chi connectivity index (χ2n) is 10.6. The largest absolute Gasteiger partial charge is 0.435 e. The van der Waals surface area contributed by atoms with Crippen molar-refractivity contribution in [1.82, 2.24) is 20.1 Å². The number of rotatable bonds is 9. The fourth-order valence-corrected chi connectivity index (χ4v) is 5.64. The molecule has 2 aromatic carbocycles. The number of amides is 1. The Bertz CT molecular complexity index is 1720. The number of hydrogen-bond donors (Lipinski definition) is 2. The molecule has 1 unspecified atom stereocenters. The van der Waals surface area contributed by atoms with Gasteiger partial charge in [-0.25, -0.2) is 13.2 Å². The Morgan fingerprint density at radius 2 is 1.80 bits per heavy atom. The third-order valence-corrected chi connectivity index (χ3v) is 7.48. The molecule has 7 nitrogen and oxygen atoms in total. The molecular weight excluding hydrogens is 590 g/mol. The smallest absolute Gasteiger partial charge is 0.392 e. The van der Waals surface area contributed by atoms with Crippen LogP contribution in [0.25, 0.3) is 11.1 Å². The number of halogens is 6. The predicted octanol–water partition coefficient (Wildman–Crippen LogP) is 5.19.